The second-order valence-corrected chi connectivity index (χ2v) is 4.72. The summed E-state index contributed by atoms with van der Waals surface area (Å²) in [5, 5.41) is 0. The van der Waals surface area contributed by atoms with Gasteiger partial charge in [-0.05, 0) is 43.7 Å². The predicted octanol–water partition coefficient (Wildman–Crippen LogP) is 3.13. The van der Waals surface area contributed by atoms with Gasteiger partial charge < -0.3 is 10.6 Å². The molecular weight excluding hydrogens is 234 g/mol. The van der Waals surface area contributed by atoms with Crippen molar-refractivity contribution in [2.45, 2.75) is 26.4 Å². The summed E-state index contributed by atoms with van der Waals surface area (Å²) in [6, 6.07) is 14.6. The second-order valence-electron chi connectivity index (χ2n) is 4.72. The van der Waals surface area contributed by atoms with Gasteiger partial charge in [-0.3, -0.25) is 4.98 Å². The second kappa shape index (κ2) is 6.34. The average Bonchev–Trinajstić information content (AvgIpc) is 2.46. The van der Waals surface area contributed by atoms with Crippen LogP contribution in [0.4, 0.5) is 5.69 Å². The van der Waals surface area contributed by atoms with Crippen LogP contribution in [-0.4, -0.2) is 11.5 Å². The molecule has 0 unspecified atom stereocenters. The average molecular weight is 255 g/mol. The van der Waals surface area contributed by atoms with Crippen molar-refractivity contribution in [3.05, 3.63) is 59.9 Å². The molecule has 0 bridgehead atoms. The summed E-state index contributed by atoms with van der Waals surface area (Å²) in [5.41, 5.74) is 9.33. The summed E-state index contributed by atoms with van der Waals surface area (Å²) in [4.78, 5) is 6.68. The van der Waals surface area contributed by atoms with Crippen molar-refractivity contribution >= 4 is 5.69 Å². The number of rotatable bonds is 5. The molecule has 0 saturated heterocycles. The van der Waals surface area contributed by atoms with E-state index in [1.54, 1.807) is 0 Å². The van der Waals surface area contributed by atoms with Gasteiger partial charge in [0.05, 0.1) is 12.2 Å². The maximum atomic E-state index is 5.87. The van der Waals surface area contributed by atoms with E-state index in [9.17, 15) is 0 Å². The lowest BCUT2D eigenvalue weighted by atomic mass is 10.1. The van der Waals surface area contributed by atoms with E-state index in [-0.39, 0.29) is 6.04 Å². The highest BCUT2D eigenvalue weighted by molar-refractivity contribution is 5.48. The minimum absolute atomic E-state index is 0.0833. The summed E-state index contributed by atoms with van der Waals surface area (Å²) in [5.74, 6) is 0. The van der Waals surface area contributed by atoms with Gasteiger partial charge in [0.2, 0.25) is 0 Å². The zero-order valence-electron chi connectivity index (χ0n) is 11.6. The number of pyridine rings is 1. The zero-order chi connectivity index (χ0) is 13.7. The van der Waals surface area contributed by atoms with Gasteiger partial charge in [0.1, 0.15) is 0 Å². The van der Waals surface area contributed by atoms with Crippen LogP contribution >= 0.6 is 0 Å². The minimum atomic E-state index is 0.0833. The van der Waals surface area contributed by atoms with Crippen molar-refractivity contribution < 1.29 is 0 Å². The maximum absolute atomic E-state index is 5.87. The Balaban J connectivity index is 2.13. The van der Waals surface area contributed by atoms with Crippen molar-refractivity contribution in [1.82, 2.24) is 4.98 Å². The van der Waals surface area contributed by atoms with Crippen LogP contribution in [0.2, 0.25) is 0 Å². The first-order valence-electron chi connectivity index (χ1n) is 6.71. The molecule has 0 radical (unpaired) electrons. The van der Waals surface area contributed by atoms with E-state index in [1.807, 2.05) is 25.3 Å². The molecule has 0 aliphatic rings. The van der Waals surface area contributed by atoms with Crippen LogP contribution in [0, 0.1) is 0 Å². The Morgan fingerprint density at radius 1 is 1.16 bits per heavy atom. The van der Waals surface area contributed by atoms with Gasteiger partial charge in [0.25, 0.3) is 0 Å². The molecule has 19 heavy (non-hydrogen) atoms. The summed E-state index contributed by atoms with van der Waals surface area (Å²) in [6.07, 6.45) is 1.84. The molecule has 2 aromatic rings. The number of hydrogen-bond acceptors (Lipinski definition) is 3. The molecule has 0 spiro atoms. The van der Waals surface area contributed by atoms with E-state index in [2.05, 4.69) is 47.1 Å². The molecule has 1 aromatic heterocycles. The number of hydrogen-bond donors (Lipinski definition) is 1. The molecule has 0 saturated carbocycles. The number of aromatic nitrogens is 1. The highest BCUT2D eigenvalue weighted by atomic mass is 15.1. The molecule has 0 amide bonds. The van der Waals surface area contributed by atoms with Crippen LogP contribution in [0.25, 0.3) is 0 Å². The van der Waals surface area contributed by atoms with Gasteiger partial charge in [-0.25, -0.2) is 0 Å². The van der Waals surface area contributed by atoms with Gasteiger partial charge in [0.15, 0.2) is 0 Å². The van der Waals surface area contributed by atoms with Gasteiger partial charge in [0, 0.05) is 24.5 Å². The maximum Gasteiger partial charge on any atom is 0.0601 e. The standard InChI is InChI=1S/C16H21N3/c1-3-19(12-15-6-4-5-11-18-15)16-9-7-14(8-10-16)13(2)17/h4-11,13H,3,12,17H2,1-2H3/t13-/m1/s1. The van der Waals surface area contributed by atoms with Gasteiger partial charge in [-0.2, -0.15) is 0 Å². The summed E-state index contributed by atoms with van der Waals surface area (Å²) in [7, 11) is 0. The quantitative estimate of drug-likeness (QED) is 0.892. The molecule has 0 aliphatic heterocycles. The SMILES string of the molecule is CCN(Cc1ccccn1)c1ccc([C@@H](C)N)cc1. The molecule has 2 N–H and O–H groups in total. The molecule has 100 valence electrons. The van der Waals surface area contributed by atoms with Crippen LogP contribution in [-0.2, 0) is 6.54 Å². The summed E-state index contributed by atoms with van der Waals surface area (Å²) in [6.45, 7) is 5.94. The largest absolute Gasteiger partial charge is 0.366 e. The number of nitrogens with two attached hydrogens (primary N) is 1. The predicted molar refractivity (Wildman–Crippen MR) is 80.0 cm³/mol. The van der Waals surface area contributed by atoms with E-state index in [0.29, 0.717) is 0 Å². The van der Waals surface area contributed by atoms with E-state index in [0.717, 1.165) is 24.3 Å². The van der Waals surface area contributed by atoms with Crippen LogP contribution in [0.15, 0.2) is 48.7 Å². The Labute approximate surface area is 115 Å². The first-order chi connectivity index (χ1) is 9.20. The molecule has 3 heteroatoms. The van der Waals surface area contributed by atoms with Crippen LogP contribution in [0.5, 0.6) is 0 Å². The van der Waals surface area contributed by atoms with Crippen molar-refractivity contribution in [2.24, 2.45) is 5.73 Å². The van der Waals surface area contributed by atoms with Crippen LogP contribution in [0.1, 0.15) is 31.1 Å². The van der Waals surface area contributed by atoms with Gasteiger partial charge in [-0.15, -0.1) is 0 Å². The molecule has 0 fully saturated rings. The topological polar surface area (TPSA) is 42.2 Å². The molecule has 3 nitrogen and oxygen atoms in total. The third-order valence-corrected chi connectivity index (χ3v) is 3.24. The lowest BCUT2D eigenvalue weighted by molar-refractivity contribution is 0.801. The highest BCUT2D eigenvalue weighted by Crippen LogP contribution is 2.19. The lowest BCUT2D eigenvalue weighted by Gasteiger charge is -2.23. The van der Waals surface area contributed by atoms with Gasteiger partial charge in [-0.1, -0.05) is 18.2 Å². The summed E-state index contributed by atoms with van der Waals surface area (Å²) < 4.78 is 0. The number of nitrogens with zero attached hydrogens (tertiary/aromatic N) is 2. The molecule has 1 aromatic carbocycles. The molecule has 1 atom stereocenters. The molecule has 0 aliphatic carbocycles. The Hall–Kier alpha value is -1.87. The lowest BCUT2D eigenvalue weighted by Crippen LogP contribution is -2.22. The molecule has 2 rings (SSSR count). The van der Waals surface area contributed by atoms with Crippen molar-refractivity contribution in [3.8, 4) is 0 Å². The van der Waals surface area contributed by atoms with E-state index < -0.39 is 0 Å². The Morgan fingerprint density at radius 2 is 1.89 bits per heavy atom. The fraction of sp³-hybridized carbons (Fsp3) is 0.312. The number of benzene rings is 1. The Morgan fingerprint density at radius 3 is 2.42 bits per heavy atom. The molecular formula is C16H21N3. The fourth-order valence-electron chi connectivity index (χ4n) is 2.06. The minimum Gasteiger partial charge on any atom is -0.366 e. The third-order valence-electron chi connectivity index (χ3n) is 3.24. The normalized spacial score (nSPS) is 12.2. The van der Waals surface area contributed by atoms with Gasteiger partial charge >= 0.3 is 0 Å². The van der Waals surface area contributed by atoms with E-state index in [1.165, 1.54) is 5.69 Å². The highest BCUT2D eigenvalue weighted by Gasteiger charge is 2.06. The van der Waals surface area contributed by atoms with Crippen molar-refractivity contribution in [3.63, 3.8) is 0 Å². The molecule has 1 heterocycles. The van der Waals surface area contributed by atoms with E-state index >= 15 is 0 Å². The van der Waals surface area contributed by atoms with Crippen molar-refractivity contribution in [1.29, 1.82) is 0 Å². The van der Waals surface area contributed by atoms with Crippen molar-refractivity contribution in [2.75, 3.05) is 11.4 Å². The monoisotopic (exact) mass is 255 g/mol. The first-order valence-corrected chi connectivity index (χ1v) is 6.71. The summed E-state index contributed by atoms with van der Waals surface area (Å²) >= 11 is 0. The smallest absolute Gasteiger partial charge is 0.0601 e. The van der Waals surface area contributed by atoms with Crippen LogP contribution < -0.4 is 10.6 Å². The number of anilines is 1. The van der Waals surface area contributed by atoms with E-state index in [4.69, 9.17) is 5.73 Å². The Bertz CT molecular complexity index is 491. The Kier molecular flexibility index (Phi) is 4.53. The third kappa shape index (κ3) is 3.55. The zero-order valence-corrected chi connectivity index (χ0v) is 11.6. The fourth-order valence-corrected chi connectivity index (χ4v) is 2.06. The van der Waals surface area contributed by atoms with Crippen LogP contribution in [0.3, 0.4) is 0 Å². The first kappa shape index (κ1) is 13.6.